The van der Waals surface area contributed by atoms with Crippen molar-refractivity contribution in [2.24, 2.45) is 7.05 Å². The fourth-order valence-corrected chi connectivity index (χ4v) is 3.27. The summed E-state index contributed by atoms with van der Waals surface area (Å²) >= 11 is 0. The third kappa shape index (κ3) is 3.42. The van der Waals surface area contributed by atoms with Gasteiger partial charge in [0.15, 0.2) is 0 Å². The Bertz CT molecular complexity index is 712. The van der Waals surface area contributed by atoms with E-state index < -0.39 is 0 Å². The lowest BCUT2D eigenvalue weighted by molar-refractivity contribution is 0.0751. The fourth-order valence-electron chi connectivity index (χ4n) is 3.27. The van der Waals surface area contributed by atoms with Gasteiger partial charge in [-0.2, -0.15) is 0 Å². The van der Waals surface area contributed by atoms with E-state index >= 15 is 0 Å². The van der Waals surface area contributed by atoms with Crippen LogP contribution >= 0.6 is 0 Å². The van der Waals surface area contributed by atoms with Gasteiger partial charge in [-0.15, -0.1) is 5.10 Å². The van der Waals surface area contributed by atoms with Crippen LogP contribution in [0.15, 0.2) is 30.5 Å². The summed E-state index contributed by atoms with van der Waals surface area (Å²) in [7, 11) is 3.28. The standard InChI is InChI=1S/C18H22FN3O2/c1-21-12-16(17(20-21)24-2)18(23)22-10-4-3-5-14(11-22)13-6-8-15(19)9-7-13/h6-9,12,14H,3-5,10-11H2,1-2H3/t14-/m1/s1. The first-order chi connectivity index (χ1) is 11.6. The van der Waals surface area contributed by atoms with Crippen LogP contribution in [0.3, 0.4) is 0 Å². The van der Waals surface area contributed by atoms with Crippen LogP contribution in [0.25, 0.3) is 0 Å². The van der Waals surface area contributed by atoms with Crippen LogP contribution in [0, 0.1) is 5.82 Å². The van der Waals surface area contributed by atoms with Crippen LogP contribution in [0.1, 0.15) is 41.1 Å². The number of aryl methyl sites for hydroxylation is 1. The Labute approximate surface area is 141 Å². The maximum Gasteiger partial charge on any atom is 0.260 e. The summed E-state index contributed by atoms with van der Waals surface area (Å²) in [6.45, 7) is 1.34. The van der Waals surface area contributed by atoms with Crippen molar-refractivity contribution < 1.29 is 13.9 Å². The summed E-state index contributed by atoms with van der Waals surface area (Å²) in [6, 6.07) is 6.60. The molecule has 0 unspecified atom stereocenters. The summed E-state index contributed by atoms with van der Waals surface area (Å²) in [6.07, 6.45) is 4.71. The minimum absolute atomic E-state index is 0.0611. The number of likely N-dealkylation sites (tertiary alicyclic amines) is 1. The number of hydrogen-bond acceptors (Lipinski definition) is 3. The van der Waals surface area contributed by atoms with E-state index in [1.54, 1.807) is 17.9 Å². The van der Waals surface area contributed by atoms with E-state index in [2.05, 4.69) is 5.10 Å². The fraction of sp³-hybridized carbons (Fsp3) is 0.444. The molecule has 1 atom stereocenters. The molecular formula is C18H22FN3O2. The highest BCUT2D eigenvalue weighted by Gasteiger charge is 2.27. The number of nitrogens with zero attached hydrogens (tertiary/aromatic N) is 3. The Hall–Kier alpha value is -2.37. The number of benzene rings is 1. The van der Waals surface area contributed by atoms with Crippen molar-refractivity contribution in [1.82, 2.24) is 14.7 Å². The van der Waals surface area contributed by atoms with Gasteiger partial charge >= 0.3 is 0 Å². The second kappa shape index (κ2) is 7.03. The summed E-state index contributed by atoms with van der Waals surface area (Å²) in [5, 5.41) is 4.16. The van der Waals surface area contributed by atoms with Crippen molar-refractivity contribution in [2.45, 2.75) is 25.2 Å². The summed E-state index contributed by atoms with van der Waals surface area (Å²) in [4.78, 5) is 14.8. The normalized spacial score (nSPS) is 18.3. The molecule has 0 bridgehead atoms. The Morgan fingerprint density at radius 3 is 2.75 bits per heavy atom. The number of hydrogen-bond donors (Lipinski definition) is 0. The Morgan fingerprint density at radius 1 is 1.29 bits per heavy atom. The third-order valence-electron chi connectivity index (χ3n) is 4.52. The smallest absolute Gasteiger partial charge is 0.260 e. The largest absolute Gasteiger partial charge is 0.479 e. The average molecular weight is 331 g/mol. The molecule has 2 aromatic rings. The highest BCUT2D eigenvalue weighted by atomic mass is 19.1. The molecule has 1 saturated heterocycles. The lowest BCUT2D eigenvalue weighted by Crippen LogP contribution is -2.34. The van der Waals surface area contributed by atoms with Crippen molar-refractivity contribution in [3.63, 3.8) is 0 Å². The Morgan fingerprint density at radius 2 is 2.04 bits per heavy atom. The van der Waals surface area contributed by atoms with E-state index in [4.69, 9.17) is 4.74 Å². The molecule has 0 radical (unpaired) electrons. The zero-order valence-electron chi connectivity index (χ0n) is 14.0. The van der Waals surface area contributed by atoms with Gasteiger partial charge in [-0.05, 0) is 30.5 Å². The van der Waals surface area contributed by atoms with Gasteiger partial charge in [0.25, 0.3) is 5.91 Å². The van der Waals surface area contributed by atoms with Gasteiger partial charge in [0.1, 0.15) is 11.4 Å². The first-order valence-electron chi connectivity index (χ1n) is 8.21. The van der Waals surface area contributed by atoms with Gasteiger partial charge < -0.3 is 9.64 Å². The van der Waals surface area contributed by atoms with Gasteiger partial charge in [-0.3, -0.25) is 9.48 Å². The first kappa shape index (κ1) is 16.5. The van der Waals surface area contributed by atoms with Crippen LogP contribution in [0.2, 0.25) is 0 Å². The molecule has 0 saturated carbocycles. The molecule has 0 N–H and O–H groups in total. The topological polar surface area (TPSA) is 47.4 Å². The monoisotopic (exact) mass is 331 g/mol. The summed E-state index contributed by atoms with van der Waals surface area (Å²) in [5.74, 6) is 0.277. The van der Waals surface area contributed by atoms with Crippen molar-refractivity contribution >= 4 is 5.91 Å². The lowest BCUT2D eigenvalue weighted by Gasteiger charge is -2.24. The number of carbonyl (C=O) groups excluding carboxylic acids is 1. The Balaban J connectivity index is 1.81. The van der Waals surface area contributed by atoms with Crippen LogP contribution in [0.4, 0.5) is 4.39 Å². The van der Waals surface area contributed by atoms with Crippen LogP contribution in [-0.4, -0.2) is 40.8 Å². The van der Waals surface area contributed by atoms with Crippen LogP contribution < -0.4 is 4.74 Å². The number of aromatic nitrogens is 2. The predicted molar refractivity (Wildman–Crippen MR) is 88.7 cm³/mol. The van der Waals surface area contributed by atoms with Gasteiger partial charge in [0, 0.05) is 32.3 Å². The predicted octanol–water partition coefficient (Wildman–Crippen LogP) is 2.98. The van der Waals surface area contributed by atoms with Crippen molar-refractivity contribution in [2.75, 3.05) is 20.2 Å². The Kier molecular flexibility index (Phi) is 4.83. The number of rotatable bonds is 3. The molecule has 128 valence electrons. The van der Waals surface area contributed by atoms with Crippen LogP contribution in [0.5, 0.6) is 5.88 Å². The van der Waals surface area contributed by atoms with Crippen molar-refractivity contribution in [1.29, 1.82) is 0 Å². The number of ether oxygens (including phenoxy) is 1. The highest BCUT2D eigenvalue weighted by molar-refractivity contribution is 5.96. The van der Waals surface area contributed by atoms with Crippen molar-refractivity contribution in [3.8, 4) is 5.88 Å². The molecule has 0 spiro atoms. The quantitative estimate of drug-likeness (QED) is 0.869. The molecule has 1 aliphatic rings. The van der Waals surface area contributed by atoms with E-state index in [0.29, 0.717) is 24.5 Å². The molecule has 3 rings (SSSR count). The molecule has 1 aromatic carbocycles. The average Bonchev–Trinajstić information content (AvgIpc) is 2.80. The maximum absolute atomic E-state index is 13.2. The maximum atomic E-state index is 13.2. The molecule has 0 aliphatic carbocycles. The first-order valence-corrected chi connectivity index (χ1v) is 8.21. The SMILES string of the molecule is COc1nn(C)cc1C(=O)N1CCCC[C@@H](c2ccc(F)cc2)C1. The third-order valence-corrected chi connectivity index (χ3v) is 4.52. The van der Waals surface area contributed by atoms with Gasteiger partial charge in [0.2, 0.25) is 5.88 Å². The molecule has 2 heterocycles. The van der Waals surface area contributed by atoms with Crippen molar-refractivity contribution in [3.05, 3.63) is 47.4 Å². The van der Waals surface area contributed by atoms with E-state index in [1.165, 1.54) is 19.2 Å². The highest BCUT2D eigenvalue weighted by Crippen LogP contribution is 2.28. The van der Waals surface area contributed by atoms with Crippen LogP contribution in [-0.2, 0) is 7.05 Å². The van der Waals surface area contributed by atoms with Gasteiger partial charge in [0.05, 0.1) is 7.11 Å². The van der Waals surface area contributed by atoms with E-state index in [9.17, 15) is 9.18 Å². The second-order valence-corrected chi connectivity index (χ2v) is 6.22. The molecule has 5 nitrogen and oxygen atoms in total. The summed E-state index contributed by atoms with van der Waals surface area (Å²) < 4.78 is 20.0. The van der Waals surface area contributed by atoms with Gasteiger partial charge in [-0.1, -0.05) is 18.6 Å². The van der Waals surface area contributed by atoms with E-state index in [0.717, 1.165) is 24.8 Å². The van der Waals surface area contributed by atoms with E-state index in [1.807, 2.05) is 17.0 Å². The second-order valence-electron chi connectivity index (χ2n) is 6.22. The van der Waals surface area contributed by atoms with E-state index in [-0.39, 0.29) is 17.6 Å². The molecule has 1 aliphatic heterocycles. The number of amides is 1. The molecule has 1 aromatic heterocycles. The molecular weight excluding hydrogens is 309 g/mol. The van der Waals surface area contributed by atoms with Gasteiger partial charge in [-0.25, -0.2) is 4.39 Å². The number of methoxy groups -OCH3 is 1. The molecule has 1 fully saturated rings. The minimum atomic E-state index is -0.236. The summed E-state index contributed by atoms with van der Waals surface area (Å²) in [5.41, 5.74) is 1.56. The zero-order chi connectivity index (χ0) is 17.1. The minimum Gasteiger partial charge on any atom is -0.479 e. The lowest BCUT2D eigenvalue weighted by atomic mass is 9.94. The molecule has 1 amide bonds. The molecule has 24 heavy (non-hydrogen) atoms. The number of halogens is 1. The number of carbonyl (C=O) groups is 1. The zero-order valence-corrected chi connectivity index (χ0v) is 14.0. The molecule has 6 heteroatoms.